The summed E-state index contributed by atoms with van der Waals surface area (Å²) >= 11 is 0. The van der Waals surface area contributed by atoms with Gasteiger partial charge in [0.2, 0.25) is 0 Å². The molecule has 2 aromatic carbocycles. The Labute approximate surface area is 183 Å². The average Bonchev–Trinajstić information content (AvgIpc) is 3.33. The Hall–Kier alpha value is -3.16. The van der Waals surface area contributed by atoms with Gasteiger partial charge >= 0.3 is 6.03 Å². The van der Waals surface area contributed by atoms with E-state index >= 15 is 0 Å². The van der Waals surface area contributed by atoms with Crippen molar-refractivity contribution in [3.8, 4) is 0 Å². The van der Waals surface area contributed by atoms with E-state index < -0.39 is 0 Å². The molecule has 1 aliphatic rings. The maximum atomic E-state index is 12.6. The quantitative estimate of drug-likeness (QED) is 0.589. The number of ether oxygens (including phenoxy) is 1. The molecule has 2 heterocycles. The summed E-state index contributed by atoms with van der Waals surface area (Å²) in [6, 6.07) is 20.0. The van der Waals surface area contributed by atoms with Crippen molar-refractivity contribution in [2.24, 2.45) is 0 Å². The van der Waals surface area contributed by atoms with Gasteiger partial charge in [0.1, 0.15) is 0 Å². The van der Waals surface area contributed by atoms with Gasteiger partial charge in [-0.3, -0.25) is 9.58 Å². The number of hydrogen-bond acceptors (Lipinski definition) is 4. The van der Waals surface area contributed by atoms with Gasteiger partial charge in [-0.05, 0) is 22.8 Å². The third kappa shape index (κ3) is 6.41. The number of morpholine rings is 1. The molecule has 1 atom stereocenters. The van der Waals surface area contributed by atoms with E-state index in [-0.39, 0.29) is 12.1 Å². The lowest BCUT2D eigenvalue weighted by molar-refractivity contribution is 0.0340. The molecule has 0 radical (unpaired) electrons. The number of nitrogens with zero attached hydrogens (tertiary/aromatic N) is 3. The first-order valence-electron chi connectivity index (χ1n) is 10.7. The zero-order valence-corrected chi connectivity index (χ0v) is 17.6. The number of amides is 2. The third-order valence-corrected chi connectivity index (χ3v) is 5.43. The monoisotopic (exact) mass is 419 g/mol. The number of aromatic nitrogens is 2. The molecule has 0 unspecified atom stereocenters. The Morgan fingerprint density at radius 3 is 2.45 bits per heavy atom. The van der Waals surface area contributed by atoms with Crippen molar-refractivity contribution in [3.05, 3.63) is 89.7 Å². The van der Waals surface area contributed by atoms with Crippen LogP contribution in [-0.4, -0.2) is 53.6 Å². The SMILES string of the molecule is O=C(NCc1ccc(Cn2cccn2)cc1)N[C@H](CN1CCOCC1)c1ccccc1. The number of hydrogen-bond donors (Lipinski definition) is 2. The molecule has 0 bridgehead atoms. The number of carbonyl (C=O) groups excluding carboxylic acids is 1. The summed E-state index contributed by atoms with van der Waals surface area (Å²) in [6.07, 6.45) is 3.72. The molecule has 3 aromatic rings. The summed E-state index contributed by atoms with van der Waals surface area (Å²) in [6.45, 7) is 5.24. The molecule has 1 aliphatic heterocycles. The van der Waals surface area contributed by atoms with E-state index in [2.05, 4.69) is 44.9 Å². The zero-order chi connectivity index (χ0) is 21.3. The first kappa shape index (κ1) is 21.1. The molecule has 1 aromatic heterocycles. The molecule has 7 heteroatoms. The average molecular weight is 420 g/mol. The molecule has 31 heavy (non-hydrogen) atoms. The van der Waals surface area contributed by atoms with E-state index in [9.17, 15) is 4.79 Å². The predicted octanol–water partition coefficient (Wildman–Crippen LogP) is 2.80. The van der Waals surface area contributed by atoms with Gasteiger partial charge in [0.15, 0.2) is 0 Å². The lowest BCUT2D eigenvalue weighted by Crippen LogP contribution is -2.45. The highest BCUT2D eigenvalue weighted by molar-refractivity contribution is 5.74. The van der Waals surface area contributed by atoms with Crippen molar-refractivity contribution in [3.63, 3.8) is 0 Å². The summed E-state index contributed by atoms with van der Waals surface area (Å²) in [5.41, 5.74) is 3.34. The van der Waals surface area contributed by atoms with Crippen LogP contribution in [-0.2, 0) is 17.8 Å². The molecular formula is C24H29N5O2. The van der Waals surface area contributed by atoms with E-state index in [1.807, 2.05) is 47.3 Å². The van der Waals surface area contributed by atoms with E-state index in [1.54, 1.807) is 6.20 Å². The molecular weight excluding hydrogens is 390 g/mol. The third-order valence-electron chi connectivity index (χ3n) is 5.43. The summed E-state index contributed by atoms with van der Waals surface area (Å²) in [5.74, 6) is 0. The maximum absolute atomic E-state index is 12.6. The highest BCUT2D eigenvalue weighted by Crippen LogP contribution is 2.15. The first-order valence-corrected chi connectivity index (χ1v) is 10.7. The van der Waals surface area contributed by atoms with Crippen LogP contribution in [0.1, 0.15) is 22.7 Å². The van der Waals surface area contributed by atoms with Gasteiger partial charge in [-0.1, -0.05) is 54.6 Å². The first-order chi connectivity index (χ1) is 15.3. The smallest absolute Gasteiger partial charge is 0.315 e. The summed E-state index contributed by atoms with van der Waals surface area (Å²) in [4.78, 5) is 15.0. The van der Waals surface area contributed by atoms with Crippen molar-refractivity contribution < 1.29 is 9.53 Å². The van der Waals surface area contributed by atoms with Crippen LogP contribution in [0.5, 0.6) is 0 Å². The molecule has 2 N–H and O–H groups in total. The second-order valence-corrected chi connectivity index (χ2v) is 7.72. The van der Waals surface area contributed by atoms with E-state index in [0.717, 1.165) is 50.5 Å². The van der Waals surface area contributed by atoms with E-state index in [1.165, 1.54) is 5.56 Å². The Kier molecular flexibility index (Phi) is 7.31. The highest BCUT2D eigenvalue weighted by Gasteiger charge is 2.20. The minimum absolute atomic E-state index is 0.0734. The van der Waals surface area contributed by atoms with Gasteiger partial charge in [-0.2, -0.15) is 5.10 Å². The molecule has 1 fully saturated rings. The maximum Gasteiger partial charge on any atom is 0.315 e. The van der Waals surface area contributed by atoms with Gasteiger partial charge < -0.3 is 15.4 Å². The van der Waals surface area contributed by atoms with Gasteiger partial charge in [-0.15, -0.1) is 0 Å². The van der Waals surface area contributed by atoms with Crippen molar-refractivity contribution in [2.45, 2.75) is 19.1 Å². The van der Waals surface area contributed by atoms with Crippen LogP contribution in [0, 0.1) is 0 Å². The molecule has 1 saturated heterocycles. The molecule has 0 saturated carbocycles. The number of rotatable bonds is 8. The zero-order valence-electron chi connectivity index (χ0n) is 17.6. The van der Waals surface area contributed by atoms with E-state index in [4.69, 9.17) is 4.74 Å². The lowest BCUT2D eigenvalue weighted by Gasteiger charge is -2.31. The van der Waals surface area contributed by atoms with Crippen LogP contribution in [0.15, 0.2) is 73.1 Å². The number of carbonyl (C=O) groups is 1. The summed E-state index contributed by atoms with van der Waals surface area (Å²) in [5, 5.41) is 10.4. The van der Waals surface area contributed by atoms with Gasteiger partial charge in [-0.25, -0.2) is 4.79 Å². The van der Waals surface area contributed by atoms with Crippen molar-refractivity contribution in [1.29, 1.82) is 0 Å². The number of urea groups is 1. The van der Waals surface area contributed by atoms with E-state index in [0.29, 0.717) is 6.54 Å². The molecule has 0 aliphatic carbocycles. The van der Waals surface area contributed by atoms with Crippen LogP contribution < -0.4 is 10.6 Å². The molecule has 162 valence electrons. The summed E-state index contributed by atoms with van der Waals surface area (Å²) in [7, 11) is 0. The van der Waals surface area contributed by atoms with Crippen LogP contribution >= 0.6 is 0 Å². The number of benzene rings is 2. The van der Waals surface area contributed by atoms with Crippen LogP contribution in [0.3, 0.4) is 0 Å². The topological polar surface area (TPSA) is 71.4 Å². The van der Waals surface area contributed by atoms with Gasteiger partial charge in [0.25, 0.3) is 0 Å². The molecule has 7 nitrogen and oxygen atoms in total. The van der Waals surface area contributed by atoms with Crippen LogP contribution in [0.2, 0.25) is 0 Å². The van der Waals surface area contributed by atoms with Crippen LogP contribution in [0.25, 0.3) is 0 Å². The standard InChI is InChI=1S/C24H29N5O2/c30-24(25-17-20-7-9-21(10-8-20)18-29-12-4-11-26-29)27-23(22-5-2-1-3-6-22)19-28-13-15-31-16-14-28/h1-12,23H,13-19H2,(H2,25,27,30)/t23-/m1/s1. The predicted molar refractivity (Wildman–Crippen MR) is 120 cm³/mol. The van der Waals surface area contributed by atoms with Crippen LogP contribution in [0.4, 0.5) is 4.79 Å². The van der Waals surface area contributed by atoms with Crippen molar-refractivity contribution in [2.75, 3.05) is 32.8 Å². The fourth-order valence-electron chi connectivity index (χ4n) is 3.70. The van der Waals surface area contributed by atoms with Gasteiger partial charge in [0, 0.05) is 38.6 Å². The molecule has 4 rings (SSSR count). The normalized spacial score (nSPS) is 15.4. The fourth-order valence-corrected chi connectivity index (χ4v) is 3.70. The summed E-state index contributed by atoms with van der Waals surface area (Å²) < 4.78 is 7.33. The van der Waals surface area contributed by atoms with Crippen molar-refractivity contribution in [1.82, 2.24) is 25.3 Å². The minimum Gasteiger partial charge on any atom is -0.379 e. The molecule has 0 spiro atoms. The Balaban J connectivity index is 1.30. The highest BCUT2D eigenvalue weighted by atomic mass is 16.5. The second-order valence-electron chi connectivity index (χ2n) is 7.72. The van der Waals surface area contributed by atoms with Crippen molar-refractivity contribution >= 4 is 6.03 Å². The second kappa shape index (κ2) is 10.7. The fraction of sp³-hybridized carbons (Fsp3) is 0.333. The number of nitrogens with one attached hydrogen (secondary N) is 2. The minimum atomic E-state index is -0.164. The lowest BCUT2D eigenvalue weighted by atomic mass is 10.1. The van der Waals surface area contributed by atoms with Gasteiger partial charge in [0.05, 0.1) is 25.8 Å². The Morgan fingerprint density at radius 2 is 1.74 bits per heavy atom. The Morgan fingerprint density at radius 1 is 1.00 bits per heavy atom. The largest absolute Gasteiger partial charge is 0.379 e. The molecule has 2 amide bonds. The Bertz CT molecular complexity index is 922.